The van der Waals surface area contributed by atoms with Crippen molar-refractivity contribution in [3.63, 3.8) is 0 Å². The average Bonchev–Trinajstić information content (AvgIpc) is 3.17. The van der Waals surface area contributed by atoms with E-state index >= 15 is 0 Å². The van der Waals surface area contributed by atoms with E-state index in [0.717, 1.165) is 43.2 Å². The lowest BCUT2D eigenvalue weighted by Gasteiger charge is -2.40. The van der Waals surface area contributed by atoms with Crippen LogP contribution in [0.25, 0.3) is 11.0 Å². The highest BCUT2D eigenvalue weighted by Gasteiger charge is 2.35. The molecule has 3 aromatic rings. The van der Waals surface area contributed by atoms with Crippen molar-refractivity contribution in [2.24, 2.45) is 5.73 Å². The van der Waals surface area contributed by atoms with Crippen molar-refractivity contribution in [2.45, 2.75) is 57.0 Å². The van der Waals surface area contributed by atoms with E-state index < -0.39 is 11.9 Å². The fourth-order valence-corrected chi connectivity index (χ4v) is 5.00. The number of aromatic amines is 1. The van der Waals surface area contributed by atoms with Gasteiger partial charge in [-0.15, -0.1) is 0 Å². The first-order valence-electron chi connectivity index (χ1n) is 11.9. The van der Waals surface area contributed by atoms with E-state index in [4.69, 9.17) is 10.5 Å². The van der Waals surface area contributed by atoms with Crippen molar-refractivity contribution in [2.75, 3.05) is 20.6 Å². The Morgan fingerprint density at radius 2 is 2.03 bits per heavy atom. The largest absolute Gasteiger partial charge is 0.453 e. The number of likely N-dealkylation sites (N-methyl/N-ethyl adjacent to an activating group) is 1. The van der Waals surface area contributed by atoms with Crippen LogP contribution in [0.4, 0.5) is 4.39 Å². The average molecular weight is 468 g/mol. The van der Waals surface area contributed by atoms with Gasteiger partial charge >= 0.3 is 0 Å². The van der Waals surface area contributed by atoms with Crippen LogP contribution >= 0.6 is 0 Å². The Kier molecular flexibility index (Phi) is 7.19. The maximum atomic E-state index is 14.9. The number of pyridine rings is 1. The van der Waals surface area contributed by atoms with Crippen LogP contribution < -0.4 is 15.8 Å². The molecule has 4 rings (SSSR count). The number of H-pyrrole nitrogens is 1. The van der Waals surface area contributed by atoms with Crippen LogP contribution in [0.1, 0.15) is 43.2 Å². The molecule has 1 aliphatic carbocycles. The third kappa shape index (κ3) is 5.39. The number of hydrogen-bond donors (Lipinski definition) is 3. The molecule has 182 valence electrons. The Balaban J connectivity index is 1.43. The molecule has 1 atom stereocenters. The molecule has 0 aliphatic heterocycles. The quantitative estimate of drug-likeness (QED) is 0.464. The highest BCUT2D eigenvalue weighted by molar-refractivity contribution is 5.86. The summed E-state index contributed by atoms with van der Waals surface area (Å²) >= 11 is 0. The molecule has 1 amide bonds. The lowest BCUT2D eigenvalue weighted by atomic mass is 9.81. The number of carbonyl (C=O) groups is 1. The lowest BCUT2D eigenvalue weighted by Crippen LogP contribution is -2.59. The van der Waals surface area contributed by atoms with E-state index in [1.165, 1.54) is 12.5 Å². The first-order valence-corrected chi connectivity index (χ1v) is 11.9. The summed E-state index contributed by atoms with van der Waals surface area (Å²) in [6, 6.07) is 5.68. The van der Waals surface area contributed by atoms with Gasteiger partial charge < -0.3 is 25.7 Å². The zero-order valence-electron chi connectivity index (χ0n) is 20.2. The highest BCUT2D eigenvalue weighted by atomic mass is 19.1. The number of aromatic nitrogens is 2. The van der Waals surface area contributed by atoms with Crippen LogP contribution in [0.2, 0.25) is 0 Å². The Morgan fingerprint density at radius 1 is 1.26 bits per heavy atom. The predicted molar refractivity (Wildman–Crippen MR) is 131 cm³/mol. The maximum absolute atomic E-state index is 14.9. The molecule has 34 heavy (non-hydrogen) atoms. The van der Waals surface area contributed by atoms with Gasteiger partial charge in [-0.25, -0.2) is 9.37 Å². The molecule has 1 aromatic carbocycles. The minimum Gasteiger partial charge on any atom is -0.453 e. The fraction of sp³-hybridized carbons (Fsp3) is 0.462. The summed E-state index contributed by atoms with van der Waals surface area (Å²) in [5, 5.41) is 4.05. The first kappa shape index (κ1) is 24.2. The summed E-state index contributed by atoms with van der Waals surface area (Å²) in [7, 11) is 4.03. The molecule has 4 N–H and O–H groups in total. The summed E-state index contributed by atoms with van der Waals surface area (Å²) in [6.45, 7) is 2.73. The Bertz CT molecular complexity index is 1150. The Labute approximate surface area is 199 Å². The van der Waals surface area contributed by atoms with Crippen LogP contribution in [-0.2, 0) is 11.2 Å². The number of carbonyl (C=O) groups excluding carboxylic acids is 1. The van der Waals surface area contributed by atoms with Gasteiger partial charge in [-0.3, -0.25) is 4.79 Å². The monoisotopic (exact) mass is 467 g/mol. The van der Waals surface area contributed by atoms with Gasteiger partial charge in [0, 0.05) is 18.9 Å². The number of hydrogen-bond acceptors (Lipinski definition) is 5. The highest BCUT2D eigenvalue weighted by Crippen LogP contribution is 2.33. The number of amides is 1. The molecule has 8 heteroatoms. The molecule has 0 saturated heterocycles. The predicted octanol–water partition coefficient (Wildman–Crippen LogP) is 4.05. The minimum atomic E-state index is -0.755. The van der Waals surface area contributed by atoms with E-state index in [9.17, 15) is 9.18 Å². The standard InChI is InChI=1S/C26H34FN5O2/c1-17-15-30-24-23(17)22(9-12-29-24)34-21-8-7-18(13-19(21)27)14-20(28)25(33)31-26(16-32(2)3)10-5-4-6-11-26/h7-9,12-13,15,20H,4-6,10-11,14,16,28H2,1-3H3,(H,29,30)(H,31,33)/t20-/m0/s1. The van der Waals surface area contributed by atoms with E-state index in [1.54, 1.807) is 24.4 Å². The van der Waals surface area contributed by atoms with Crippen LogP contribution in [0, 0.1) is 12.7 Å². The third-order valence-corrected chi connectivity index (χ3v) is 6.56. The second kappa shape index (κ2) is 10.1. The van der Waals surface area contributed by atoms with Gasteiger partial charge in [0.05, 0.1) is 17.0 Å². The van der Waals surface area contributed by atoms with E-state index in [1.807, 2.05) is 27.2 Å². The van der Waals surface area contributed by atoms with Gasteiger partial charge in [-0.2, -0.15) is 0 Å². The fourth-order valence-electron chi connectivity index (χ4n) is 5.00. The smallest absolute Gasteiger partial charge is 0.237 e. The van der Waals surface area contributed by atoms with Gasteiger partial charge in [0.1, 0.15) is 11.4 Å². The molecule has 2 heterocycles. The molecular formula is C26H34FN5O2. The molecule has 2 aromatic heterocycles. The summed E-state index contributed by atoms with van der Waals surface area (Å²) in [6.07, 6.45) is 9.00. The number of aryl methyl sites for hydroxylation is 1. The normalized spacial score (nSPS) is 16.5. The second-order valence-corrected chi connectivity index (χ2v) is 9.75. The lowest BCUT2D eigenvalue weighted by molar-refractivity contribution is -0.125. The summed E-state index contributed by atoms with van der Waals surface area (Å²) in [5.74, 6) is -0.0432. The summed E-state index contributed by atoms with van der Waals surface area (Å²) in [4.78, 5) is 22.4. The molecule has 0 unspecified atom stereocenters. The van der Waals surface area contributed by atoms with Crippen molar-refractivity contribution in [3.8, 4) is 11.5 Å². The van der Waals surface area contributed by atoms with Crippen LogP contribution in [0.15, 0.2) is 36.7 Å². The van der Waals surface area contributed by atoms with E-state index in [0.29, 0.717) is 17.0 Å². The zero-order chi connectivity index (χ0) is 24.3. The number of benzene rings is 1. The number of nitrogens with two attached hydrogens (primary N) is 1. The molecule has 1 aliphatic rings. The van der Waals surface area contributed by atoms with Crippen molar-refractivity contribution < 1.29 is 13.9 Å². The van der Waals surface area contributed by atoms with Crippen LogP contribution in [-0.4, -0.2) is 53.0 Å². The van der Waals surface area contributed by atoms with Crippen LogP contribution in [0.5, 0.6) is 11.5 Å². The molecule has 1 fully saturated rings. The molecule has 0 spiro atoms. The number of nitrogens with zero attached hydrogens (tertiary/aromatic N) is 2. The molecular weight excluding hydrogens is 433 g/mol. The topological polar surface area (TPSA) is 96.3 Å². The minimum absolute atomic E-state index is 0.113. The number of rotatable bonds is 8. The van der Waals surface area contributed by atoms with Crippen molar-refractivity contribution in [3.05, 3.63) is 53.6 Å². The van der Waals surface area contributed by atoms with Crippen molar-refractivity contribution in [1.29, 1.82) is 0 Å². The van der Waals surface area contributed by atoms with Gasteiger partial charge in [-0.05, 0) is 69.6 Å². The van der Waals surface area contributed by atoms with E-state index in [-0.39, 0.29) is 23.6 Å². The maximum Gasteiger partial charge on any atom is 0.237 e. The van der Waals surface area contributed by atoms with Crippen molar-refractivity contribution in [1.82, 2.24) is 20.2 Å². The SMILES string of the molecule is Cc1c[nH]c2nccc(Oc3ccc(C[C@H](N)C(=O)NC4(CN(C)C)CCCCC4)cc3F)c12. The third-order valence-electron chi connectivity index (χ3n) is 6.56. The zero-order valence-corrected chi connectivity index (χ0v) is 20.2. The van der Waals surface area contributed by atoms with Gasteiger partial charge in [0.25, 0.3) is 0 Å². The van der Waals surface area contributed by atoms with Gasteiger partial charge in [-0.1, -0.05) is 25.3 Å². The number of ether oxygens (including phenoxy) is 1. The Hall–Kier alpha value is -2.97. The van der Waals surface area contributed by atoms with Crippen molar-refractivity contribution >= 4 is 16.9 Å². The van der Waals surface area contributed by atoms with E-state index in [2.05, 4.69) is 20.2 Å². The molecule has 0 bridgehead atoms. The second-order valence-electron chi connectivity index (χ2n) is 9.75. The molecule has 0 radical (unpaired) electrons. The first-order chi connectivity index (χ1) is 16.3. The number of fused-ring (bicyclic) bond motifs is 1. The molecule has 1 saturated carbocycles. The molecule has 7 nitrogen and oxygen atoms in total. The summed E-state index contributed by atoms with van der Waals surface area (Å²) < 4.78 is 20.8. The Morgan fingerprint density at radius 3 is 2.74 bits per heavy atom. The number of halogens is 1. The van der Waals surface area contributed by atoms with Gasteiger partial charge in [0.15, 0.2) is 11.6 Å². The number of nitrogens with one attached hydrogen (secondary N) is 2. The van der Waals surface area contributed by atoms with Gasteiger partial charge in [0.2, 0.25) is 5.91 Å². The summed E-state index contributed by atoms with van der Waals surface area (Å²) in [5.41, 5.74) is 8.31. The van der Waals surface area contributed by atoms with Crippen LogP contribution in [0.3, 0.4) is 0 Å².